The molecule has 0 spiro atoms. The number of aryl methyl sites for hydroxylation is 1. The van der Waals surface area contributed by atoms with E-state index in [0.29, 0.717) is 5.82 Å². The summed E-state index contributed by atoms with van der Waals surface area (Å²) in [6, 6.07) is 17.7. The van der Waals surface area contributed by atoms with E-state index in [1.54, 1.807) is 6.92 Å². The maximum atomic E-state index is 9.80. The molecule has 2 aromatic carbocycles. The lowest BCUT2D eigenvalue weighted by atomic mass is 9.73. The standard InChI is InChI=1S/C25H27N3O2/c1-17-3-5-20(6-4-17)25(15-30-16-25)21-7-9-22(10-8-21)28-12-11-19-13-26-24(18(2)29)27-23(19)14-28/h3-10,13,18,29H,11-12,14-16H2,1-2H3. The number of ether oxygens (including phenoxy) is 1. The highest BCUT2D eigenvalue weighted by atomic mass is 16.5. The van der Waals surface area contributed by atoms with E-state index in [1.807, 2.05) is 6.20 Å². The Balaban J connectivity index is 1.39. The van der Waals surface area contributed by atoms with Crippen molar-refractivity contribution in [1.29, 1.82) is 0 Å². The first kappa shape index (κ1) is 19.2. The number of benzene rings is 2. The maximum Gasteiger partial charge on any atom is 0.156 e. The Bertz CT molecular complexity index is 1040. The first-order valence-electron chi connectivity index (χ1n) is 10.6. The summed E-state index contributed by atoms with van der Waals surface area (Å²) in [5.74, 6) is 0.496. The summed E-state index contributed by atoms with van der Waals surface area (Å²) >= 11 is 0. The van der Waals surface area contributed by atoms with E-state index in [0.717, 1.165) is 38.4 Å². The second-order valence-electron chi connectivity index (χ2n) is 8.54. The minimum Gasteiger partial charge on any atom is -0.385 e. The van der Waals surface area contributed by atoms with Crippen LogP contribution in [0.4, 0.5) is 5.69 Å². The fourth-order valence-corrected chi connectivity index (χ4v) is 4.41. The quantitative estimate of drug-likeness (QED) is 0.722. The zero-order valence-electron chi connectivity index (χ0n) is 17.5. The van der Waals surface area contributed by atoms with Crippen LogP contribution in [-0.4, -0.2) is 34.8 Å². The molecule has 1 saturated heterocycles. The minimum absolute atomic E-state index is 0.0415. The van der Waals surface area contributed by atoms with Gasteiger partial charge in [0.15, 0.2) is 5.82 Å². The van der Waals surface area contributed by atoms with Gasteiger partial charge in [0, 0.05) is 18.4 Å². The predicted molar refractivity (Wildman–Crippen MR) is 117 cm³/mol. The van der Waals surface area contributed by atoms with E-state index in [9.17, 15) is 5.11 Å². The van der Waals surface area contributed by atoms with Gasteiger partial charge in [0.1, 0.15) is 6.10 Å². The Morgan fingerprint density at radius 3 is 2.30 bits per heavy atom. The molecule has 5 heteroatoms. The van der Waals surface area contributed by atoms with Crippen molar-refractivity contribution in [3.63, 3.8) is 0 Å². The molecule has 0 saturated carbocycles. The Morgan fingerprint density at radius 1 is 1.03 bits per heavy atom. The Morgan fingerprint density at radius 2 is 1.70 bits per heavy atom. The van der Waals surface area contributed by atoms with Crippen molar-refractivity contribution in [2.45, 2.75) is 38.3 Å². The van der Waals surface area contributed by atoms with Crippen LogP contribution in [0, 0.1) is 6.92 Å². The van der Waals surface area contributed by atoms with Crippen LogP contribution in [0.1, 0.15) is 46.8 Å². The molecule has 3 aromatic rings. The molecule has 3 heterocycles. The SMILES string of the molecule is Cc1ccc(C2(c3ccc(N4CCc5cnc(C(C)O)nc5C4)cc3)COC2)cc1. The van der Waals surface area contributed by atoms with Crippen molar-refractivity contribution < 1.29 is 9.84 Å². The molecular formula is C25H27N3O2. The van der Waals surface area contributed by atoms with Crippen molar-refractivity contribution in [2.24, 2.45) is 0 Å². The molecule has 1 atom stereocenters. The van der Waals surface area contributed by atoms with Crippen LogP contribution in [0.25, 0.3) is 0 Å². The first-order valence-corrected chi connectivity index (χ1v) is 10.6. The number of rotatable bonds is 4. The molecular weight excluding hydrogens is 374 g/mol. The molecule has 0 amide bonds. The van der Waals surface area contributed by atoms with E-state index in [2.05, 4.69) is 70.3 Å². The largest absolute Gasteiger partial charge is 0.385 e. The fourth-order valence-electron chi connectivity index (χ4n) is 4.41. The van der Waals surface area contributed by atoms with Crippen LogP contribution < -0.4 is 4.90 Å². The van der Waals surface area contributed by atoms with Crippen LogP contribution in [0.15, 0.2) is 54.7 Å². The van der Waals surface area contributed by atoms with Crippen molar-refractivity contribution in [3.05, 3.63) is 88.5 Å². The lowest BCUT2D eigenvalue weighted by Gasteiger charge is -2.43. The summed E-state index contributed by atoms with van der Waals surface area (Å²) in [5.41, 5.74) is 7.24. The normalized spacial score (nSPS) is 18.4. The third-order valence-corrected chi connectivity index (χ3v) is 6.42. The zero-order valence-corrected chi connectivity index (χ0v) is 17.5. The smallest absolute Gasteiger partial charge is 0.156 e. The molecule has 5 nitrogen and oxygen atoms in total. The fraction of sp³-hybridized carbons (Fsp3) is 0.360. The van der Waals surface area contributed by atoms with Gasteiger partial charge in [0.25, 0.3) is 0 Å². The molecule has 1 aromatic heterocycles. The predicted octanol–water partition coefficient (Wildman–Crippen LogP) is 3.72. The molecule has 5 rings (SSSR count). The number of nitrogens with zero attached hydrogens (tertiary/aromatic N) is 3. The van der Waals surface area contributed by atoms with Crippen LogP contribution in [0.2, 0.25) is 0 Å². The van der Waals surface area contributed by atoms with Gasteiger partial charge in [-0.25, -0.2) is 9.97 Å². The Kier molecular flexibility index (Phi) is 4.80. The minimum atomic E-state index is -0.646. The van der Waals surface area contributed by atoms with E-state index in [-0.39, 0.29) is 5.41 Å². The highest BCUT2D eigenvalue weighted by Crippen LogP contribution is 2.40. The van der Waals surface area contributed by atoms with E-state index < -0.39 is 6.10 Å². The van der Waals surface area contributed by atoms with E-state index in [4.69, 9.17) is 4.74 Å². The lowest BCUT2D eigenvalue weighted by Crippen LogP contribution is -2.47. The number of fused-ring (bicyclic) bond motifs is 1. The van der Waals surface area contributed by atoms with Crippen LogP contribution in [0.5, 0.6) is 0 Å². The molecule has 1 fully saturated rings. The monoisotopic (exact) mass is 401 g/mol. The van der Waals surface area contributed by atoms with Crippen molar-refractivity contribution in [1.82, 2.24) is 9.97 Å². The summed E-state index contributed by atoms with van der Waals surface area (Å²) in [6.07, 6.45) is 2.14. The summed E-state index contributed by atoms with van der Waals surface area (Å²) in [6.45, 7) is 6.96. The third kappa shape index (κ3) is 3.28. The summed E-state index contributed by atoms with van der Waals surface area (Å²) in [4.78, 5) is 11.2. The van der Waals surface area contributed by atoms with Gasteiger partial charge in [-0.15, -0.1) is 0 Å². The van der Waals surface area contributed by atoms with E-state index in [1.165, 1.54) is 27.9 Å². The molecule has 154 valence electrons. The summed E-state index contributed by atoms with van der Waals surface area (Å²) < 4.78 is 5.65. The second-order valence-corrected chi connectivity index (χ2v) is 8.54. The summed E-state index contributed by atoms with van der Waals surface area (Å²) in [7, 11) is 0. The zero-order chi connectivity index (χ0) is 20.7. The Labute approximate surface area is 177 Å². The first-order chi connectivity index (χ1) is 14.5. The van der Waals surface area contributed by atoms with Gasteiger partial charge in [0.05, 0.1) is 30.9 Å². The van der Waals surface area contributed by atoms with Gasteiger partial charge >= 0.3 is 0 Å². The third-order valence-electron chi connectivity index (χ3n) is 6.42. The highest BCUT2D eigenvalue weighted by molar-refractivity contribution is 5.53. The molecule has 2 aliphatic rings. The van der Waals surface area contributed by atoms with Crippen LogP contribution in [-0.2, 0) is 23.1 Å². The van der Waals surface area contributed by atoms with Crippen LogP contribution >= 0.6 is 0 Å². The summed E-state index contributed by atoms with van der Waals surface area (Å²) in [5, 5.41) is 9.80. The number of anilines is 1. The van der Waals surface area contributed by atoms with Gasteiger partial charge in [0.2, 0.25) is 0 Å². The maximum absolute atomic E-state index is 9.80. The van der Waals surface area contributed by atoms with E-state index >= 15 is 0 Å². The van der Waals surface area contributed by atoms with Gasteiger partial charge < -0.3 is 14.7 Å². The molecule has 0 bridgehead atoms. The molecule has 0 aliphatic carbocycles. The van der Waals surface area contributed by atoms with Crippen molar-refractivity contribution in [2.75, 3.05) is 24.7 Å². The van der Waals surface area contributed by atoms with Crippen molar-refractivity contribution in [3.8, 4) is 0 Å². The highest BCUT2D eigenvalue weighted by Gasteiger charge is 2.42. The second kappa shape index (κ2) is 7.49. The number of hydrogen-bond donors (Lipinski definition) is 1. The molecule has 1 unspecified atom stereocenters. The van der Waals surface area contributed by atoms with Crippen molar-refractivity contribution >= 4 is 5.69 Å². The topological polar surface area (TPSA) is 58.5 Å². The number of hydrogen-bond acceptors (Lipinski definition) is 5. The van der Waals surface area contributed by atoms with Gasteiger partial charge in [-0.2, -0.15) is 0 Å². The van der Waals surface area contributed by atoms with Crippen LogP contribution in [0.3, 0.4) is 0 Å². The molecule has 1 N–H and O–H groups in total. The average Bonchev–Trinajstić information content (AvgIpc) is 2.74. The molecule has 0 radical (unpaired) electrons. The Hall–Kier alpha value is -2.76. The molecule has 2 aliphatic heterocycles. The average molecular weight is 402 g/mol. The van der Waals surface area contributed by atoms with Gasteiger partial charge in [-0.1, -0.05) is 42.0 Å². The lowest BCUT2D eigenvalue weighted by molar-refractivity contribution is -0.0379. The molecule has 30 heavy (non-hydrogen) atoms. The van der Waals surface area contributed by atoms with Gasteiger partial charge in [-0.3, -0.25) is 0 Å². The van der Waals surface area contributed by atoms with Gasteiger partial charge in [-0.05, 0) is 49.1 Å². The number of aliphatic hydroxyl groups excluding tert-OH is 1. The number of aliphatic hydroxyl groups is 1. The number of aromatic nitrogens is 2.